The topological polar surface area (TPSA) is 35.5 Å². The Kier molecular flexibility index (Phi) is 4.23. The van der Waals surface area contributed by atoms with Gasteiger partial charge in [-0.15, -0.1) is 0 Å². The lowest BCUT2D eigenvalue weighted by molar-refractivity contribution is 0.220. The van der Waals surface area contributed by atoms with Crippen LogP contribution in [0.25, 0.3) is 0 Å². The molecule has 1 heterocycles. The molecule has 0 radical (unpaired) electrons. The molecule has 1 aliphatic heterocycles. The van der Waals surface area contributed by atoms with Crippen LogP contribution in [0.2, 0.25) is 0 Å². The van der Waals surface area contributed by atoms with Gasteiger partial charge in [-0.2, -0.15) is 0 Å². The molecular weight excluding hydrogens is 260 g/mol. The highest BCUT2D eigenvalue weighted by Crippen LogP contribution is 2.25. The van der Waals surface area contributed by atoms with Gasteiger partial charge in [0.15, 0.2) is 0 Å². The largest absolute Gasteiger partial charge is 0.384 e. The molecular formula is C18H22N2O. The summed E-state index contributed by atoms with van der Waals surface area (Å²) >= 11 is 0. The predicted octanol–water partition coefficient (Wildman–Crippen LogP) is 2.57. The molecule has 3 nitrogen and oxygen atoms in total. The summed E-state index contributed by atoms with van der Waals surface area (Å²) in [6.07, 6.45) is -0.555. The second kappa shape index (κ2) is 6.29. The van der Waals surface area contributed by atoms with Crippen molar-refractivity contribution in [2.45, 2.75) is 19.1 Å². The van der Waals surface area contributed by atoms with E-state index in [1.807, 2.05) is 42.5 Å². The van der Waals surface area contributed by atoms with Crippen molar-refractivity contribution in [1.29, 1.82) is 0 Å². The molecule has 1 saturated heterocycles. The minimum absolute atomic E-state index is 0.503. The number of nitrogens with one attached hydrogen (secondary N) is 1. The maximum Gasteiger partial charge on any atom is 0.104 e. The van der Waals surface area contributed by atoms with Crippen molar-refractivity contribution in [1.82, 2.24) is 5.32 Å². The number of benzene rings is 2. The molecule has 110 valence electrons. The van der Waals surface area contributed by atoms with Crippen molar-refractivity contribution in [3.63, 3.8) is 0 Å². The number of nitrogens with zero attached hydrogens (tertiary/aromatic N) is 1. The first-order chi connectivity index (χ1) is 10.3. The lowest BCUT2D eigenvalue weighted by atomic mass is 10.0. The lowest BCUT2D eigenvalue weighted by Gasteiger charge is -2.36. The molecule has 0 aliphatic carbocycles. The summed E-state index contributed by atoms with van der Waals surface area (Å²) in [7, 11) is 0. The second-order valence-corrected chi connectivity index (χ2v) is 5.65. The van der Waals surface area contributed by atoms with Gasteiger partial charge in [0.25, 0.3) is 0 Å². The maximum atomic E-state index is 10.4. The summed E-state index contributed by atoms with van der Waals surface area (Å²) in [5.74, 6) is 0. The molecule has 2 aromatic carbocycles. The summed E-state index contributed by atoms with van der Waals surface area (Å²) in [6, 6.07) is 18.6. The van der Waals surface area contributed by atoms with E-state index in [0.717, 1.165) is 30.8 Å². The highest BCUT2D eigenvalue weighted by molar-refractivity contribution is 5.50. The van der Waals surface area contributed by atoms with Crippen LogP contribution in [0.1, 0.15) is 24.2 Å². The highest BCUT2D eigenvalue weighted by atomic mass is 16.3. The van der Waals surface area contributed by atoms with E-state index < -0.39 is 6.10 Å². The van der Waals surface area contributed by atoms with Crippen molar-refractivity contribution in [3.05, 3.63) is 65.7 Å². The molecule has 3 rings (SSSR count). The Balaban J connectivity index is 1.77. The van der Waals surface area contributed by atoms with Crippen LogP contribution in [0.5, 0.6) is 0 Å². The van der Waals surface area contributed by atoms with Gasteiger partial charge in [0.05, 0.1) is 0 Å². The summed E-state index contributed by atoms with van der Waals surface area (Å²) in [5.41, 5.74) is 3.10. The van der Waals surface area contributed by atoms with E-state index in [4.69, 9.17) is 0 Å². The molecule has 21 heavy (non-hydrogen) atoms. The Morgan fingerprint density at radius 1 is 1.05 bits per heavy atom. The van der Waals surface area contributed by atoms with Crippen molar-refractivity contribution in [3.8, 4) is 0 Å². The molecule has 0 amide bonds. The zero-order valence-corrected chi connectivity index (χ0v) is 12.4. The van der Waals surface area contributed by atoms with Crippen LogP contribution in [-0.2, 0) is 0 Å². The van der Waals surface area contributed by atoms with Crippen LogP contribution >= 0.6 is 0 Å². The third kappa shape index (κ3) is 3.09. The van der Waals surface area contributed by atoms with Gasteiger partial charge in [0.2, 0.25) is 0 Å². The molecule has 1 aliphatic rings. The molecule has 0 bridgehead atoms. The van der Waals surface area contributed by atoms with Gasteiger partial charge in [-0.3, -0.25) is 0 Å². The molecule has 0 aromatic heterocycles. The van der Waals surface area contributed by atoms with E-state index in [1.54, 1.807) is 0 Å². The third-order valence-electron chi connectivity index (χ3n) is 4.16. The number of rotatable bonds is 3. The van der Waals surface area contributed by atoms with Gasteiger partial charge < -0.3 is 15.3 Å². The number of aliphatic hydroxyl groups is 1. The minimum atomic E-state index is -0.555. The fourth-order valence-corrected chi connectivity index (χ4v) is 2.90. The van der Waals surface area contributed by atoms with Crippen molar-refractivity contribution in [2.24, 2.45) is 0 Å². The number of anilines is 1. The zero-order chi connectivity index (χ0) is 14.7. The van der Waals surface area contributed by atoms with E-state index >= 15 is 0 Å². The third-order valence-corrected chi connectivity index (χ3v) is 4.16. The number of hydrogen-bond donors (Lipinski definition) is 2. The van der Waals surface area contributed by atoms with Gasteiger partial charge in [-0.25, -0.2) is 0 Å². The van der Waals surface area contributed by atoms with Crippen molar-refractivity contribution < 1.29 is 5.11 Å². The summed E-state index contributed by atoms with van der Waals surface area (Å²) in [4.78, 5) is 2.41. The van der Waals surface area contributed by atoms with E-state index in [1.165, 1.54) is 5.69 Å². The number of aliphatic hydroxyl groups excluding tert-OH is 1. The van der Waals surface area contributed by atoms with Crippen molar-refractivity contribution >= 4 is 5.69 Å². The SMILES string of the molecule is CC1CNCCN1c1ccc(C(O)c2ccccc2)cc1. The second-order valence-electron chi connectivity index (χ2n) is 5.65. The number of hydrogen-bond acceptors (Lipinski definition) is 3. The molecule has 0 saturated carbocycles. The fourth-order valence-electron chi connectivity index (χ4n) is 2.90. The van der Waals surface area contributed by atoms with Gasteiger partial charge in [0, 0.05) is 31.4 Å². The summed E-state index contributed by atoms with van der Waals surface area (Å²) in [6.45, 7) is 5.31. The zero-order valence-electron chi connectivity index (χ0n) is 12.4. The van der Waals surface area contributed by atoms with Gasteiger partial charge >= 0.3 is 0 Å². The first-order valence-corrected chi connectivity index (χ1v) is 7.56. The van der Waals surface area contributed by atoms with Gasteiger partial charge in [-0.05, 0) is 30.2 Å². The van der Waals surface area contributed by atoms with E-state index in [9.17, 15) is 5.11 Å². The van der Waals surface area contributed by atoms with Crippen LogP contribution in [0.4, 0.5) is 5.69 Å². The minimum Gasteiger partial charge on any atom is -0.384 e. The molecule has 3 heteroatoms. The molecule has 2 unspecified atom stereocenters. The molecule has 1 fully saturated rings. The normalized spacial score (nSPS) is 20.3. The number of piperazine rings is 1. The van der Waals surface area contributed by atoms with Crippen LogP contribution < -0.4 is 10.2 Å². The maximum absolute atomic E-state index is 10.4. The molecule has 2 aromatic rings. The van der Waals surface area contributed by atoms with Gasteiger partial charge in [-0.1, -0.05) is 42.5 Å². The van der Waals surface area contributed by atoms with E-state index in [-0.39, 0.29) is 0 Å². The molecule has 2 N–H and O–H groups in total. The first kappa shape index (κ1) is 14.1. The standard InChI is InChI=1S/C18H22N2O/c1-14-13-19-11-12-20(14)17-9-7-16(8-10-17)18(21)15-5-3-2-4-6-15/h2-10,14,18-19,21H,11-13H2,1H3. The average molecular weight is 282 g/mol. The summed E-state index contributed by atoms with van der Waals surface area (Å²) in [5, 5.41) is 13.8. The van der Waals surface area contributed by atoms with Gasteiger partial charge in [0.1, 0.15) is 6.10 Å². The quantitative estimate of drug-likeness (QED) is 0.908. The van der Waals surface area contributed by atoms with Crippen LogP contribution in [0.3, 0.4) is 0 Å². The van der Waals surface area contributed by atoms with Crippen molar-refractivity contribution in [2.75, 3.05) is 24.5 Å². The fraction of sp³-hybridized carbons (Fsp3) is 0.333. The Labute approximate surface area is 126 Å². The molecule has 2 atom stereocenters. The first-order valence-electron chi connectivity index (χ1n) is 7.56. The smallest absolute Gasteiger partial charge is 0.104 e. The summed E-state index contributed by atoms with van der Waals surface area (Å²) < 4.78 is 0. The van der Waals surface area contributed by atoms with E-state index in [2.05, 4.69) is 29.3 Å². The lowest BCUT2D eigenvalue weighted by Crippen LogP contribution is -2.49. The Hall–Kier alpha value is -1.84. The highest BCUT2D eigenvalue weighted by Gasteiger charge is 2.18. The monoisotopic (exact) mass is 282 g/mol. The Morgan fingerprint density at radius 3 is 2.38 bits per heavy atom. The van der Waals surface area contributed by atoms with Crippen LogP contribution in [-0.4, -0.2) is 30.8 Å². The molecule has 0 spiro atoms. The average Bonchev–Trinajstić information content (AvgIpc) is 2.56. The predicted molar refractivity (Wildman–Crippen MR) is 86.6 cm³/mol. The Bertz CT molecular complexity index is 568. The van der Waals surface area contributed by atoms with Crippen LogP contribution in [0, 0.1) is 0 Å². The Morgan fingerprint density at radius 2 is 1.71 bits per heavy atom. The van der Waals surface area contributed by atoms with E-state index in [0.29, 0.717) is 6.04 Å². The van der Waals surface area contributed by atoms with Crippen LogP contribution in [0.15, 0.2) is 54.6 Å².